The Kier molecular flexibility index (Phi) is 2.01. The van der Waals surface area contributed by atoms with Crippen LogP contribution in [0.3, 0.4) is 0 Å². The van der Waals surface area contributed by atoms with Crippen LogP contribution in [0.15, 0.2) is 11.4 Å². The zero-order chi connectivity index (χ0) is 9.14. The third-order valence-electron chi connectivity index (χ3n) is 1.55. The van der Waals surface area contributed by atoms with Crippen LogP contribution in [0.25, 0.3) is 0 Å². The highest BCUT2D eigenvalue weighted by Gasteiger charge is 2.08. The molecule has 0 atom stereocenters. The van der Waals surface area contributed by atoms with Crippen LogP contribution in [0.4, 0.5) is 11.5 Å². The van der Waals surface area contributed by atoms with Crippen molar-refractivity contribution in [1.82, 2.24) is 4.98 Å². The van der Waals surface area contributed by atoms with E-state index in [1.807, 2.05) is 6.07 Å². The molecule has 0 radical (unpaired) electrons. The van der Waals surface area contributed by atoms with Crippen LogP contribution in [-0.4, -0.2) is 4.98 Å². The molecule has 1 heterocycles. The minimum atomic E-state index is 0.0500. The maximum Gasteiger partial charge on any atom is 0.154 e. The molecule has 60 valence electrons. The third-order valence-corrected chi connectivity index (χ3v) is 1.55. The van der Waals surface area contributed by atoms with Crippen molar-refractivity contribution >= 4 is 11.5 Å². The van der Waals surface area contributed by atoms with Crippen LogP contribution in [0.2, 0.25) is 0 Å². The Morgan fingerprint density at radius 2 is 2.42 bits per heavy atom. The van der Waals surface area contributed by atoms with E-state index >= 15 is 0 Å². The van der Waals surface area contributed by atoms with Crippen LogP contribution in [-0.2, 0) is 0 Å². The fourth-order valence-electron chi connectivity index (χ4n) is 0.840. The highest BCUT2D eigenvalue weighted by molar-refractivity contribution is 5.65. The van der Waals surface area contributed by atoms with Gasteiger partial charge in [0.15, 0.2) is 11.5 Å². The van der Waals surface area contributed by atoms with Gasteiger partial charge in [-0.25, -0.2) is 4.98 Å². The Labute approximate surface area is 68.8 Å². The molecule has 12 heavy (non-hydrogen) atoms. The molecule has 0 amide bonds. The fraction of sp³-hybridized carbons (Fsp3) is 0.143. The Bertz CT molecular complexity index is 366. The maximum absolute atomic E-state index is 10.2. The van der Waals surface area contributed by atoms with Gasteiger partial charge in [0.05, 0.1) is 5.56 Å². The first kappa shape index (κ1) is 8.14. The van der Waals surface area contributed by atoms with Gasteiger partial charge in [-0.1, -0.05) is 0 Å². The molecule has 0 unspecified atom stereocenters. The molecule has 5 heteroatoms. The molecule has 1 aromatic rings. The van der Waals surface area contributed by atoms with Crippen molar-refractivity contribution < 1.29 is 0 Å². The summed E-state index contributed by atoms with van der Waals surface area (Å²) in [6.45, 7) is 1.60. The summed E-state index contributed by atoms with van der Waals surface area (Å²) < 4.78 is 0. The van der Waals surface area contributed by atoms with Crippen molar-refractivity contribution in [3.63, 3.8) is 0 Å². The molecule has 2 N–H and O–H groups in total. The smallest absolute Gasteiger partial charge is 0.154 e. The quantitative estimate of drug-likeness (QED) is 0.628. The summed E-state index contributed by atoms with van der Waals surface area (Å²) in [5.74, 6) is 0.0569. The molecule has 1 aromatic heterocycles. The molecule has 0 bridgehead atoms. The number of nitroso groups, excluding NO2 is 1. The molecule has 0 aromatic carbocycles. The zero-order valence-electron chi connectivity index (χ0n) is 6.40. The van der Waals surface area contributed by atoms with Crippen molar-refractivity contribution in [3.8, 4) is 6.07 Å². The number of pyridine rings is 1. The van der Waals surface area contributed by atoms with Gasteiger partial charge in [0.2, 0.25) is 0 Å². The molecule has 0 saturated heterocycles. The Morgan fingerprint density at radius 1 is 1.75 bits per heavy atom. The number of anilines is 1. The highest BCUT2D eigenvalue weighted by Crippen LogP contribution is 2.25. The van der Waals surface area contributed by atoms with E-state index in [2.05, 4.69) is 10.2 Å². The standard InChI is InChI=1S/C7H6N4O/c1-4-5(2-8)3-10-7(9)6(4)11-12/h3H,1H3,(H2,9,10). The molecule has 1 rings (SSSR count). The lowest BCUT2D eigenvalue weighted by molar-refractivity contribution is 1.24. The second-order valence-electron chi connectivity index (χ2n) is 2.23. The van der Waals surface area contributed by atoms with Gasteiger partial charge in [-0.15, -0.1) is 4.91 Å². The number of aromatic nitrogens is 1. The molecule has 0 spiro atoms. The zero-order valence-corrected chi connectivity index (χ0v) is 6.40. The summed E-state index contributed by atoms with van der Waals surface area (Å²) in [6, 6.07) is 1.88. The molecule has 0 aliphatic carbocycles. The summed E-state index contributed by atoms with van der Waals surface area (Å²) in [7, 11) is 0. The average molecular weight is 162 g/mol. The topological polar surface area (TPSA) is 92.1 Å². The number of nitrogen functional groups attached to an aromatic ring is 1. The van der Waals surface area contributed by atoms with Gasteiger partial charge in [-0.3, -0.25) is 0 Å². The van der Waals surface area contributed by atoms with E-state index < -0.39 is 0 Å². The van der Waals surface area contributed by atoms with E-state index in [0.717, 1.165) is 0 Å². The first-order valence-corrected chi connectivity index (χ1v) is 3.19. The maximum atomic E-state index is 10.2. The normalized spacial score (nSPS) is 9.00. The minimum absolute atomic E-state index is 0.0500. The number of rotatable bonds is 1. The third kappa shape index (κ3) is 1.10. The summed E-state index contributed by atoms with van der Waals surface area (Å²) in [5.41, 5.74) is 6.18. The van der Waals surface area contributed by atoms with Crippen LogP contribution >= 0.6 is 0 Å². The lowest BCUT2D eigenvalue weighted by atomic mass is 10.1. The first-order valence-electron chi connectivity index (χ1n) is 3.19. The van der Waals surface area contributed by atoms with E-state index in [9.17, 15) is 4.91 Å². The SMILES string of the molecule is Cc1c(C#N)cnc(N)c1N=O. The minimum Gasteiger partial charge on any atom is -0.382 e. The van der Waals surface area contributed by atoms with Crippen molar-refractivity contribution in [2.24, 2.45) is 5.18 Å². The van der Waals surface area contributed by atoms with Gasteiger partial charge in [0.1, 0.15) is 6.07 Å². The average Bonchev–Trinajstić information content (AvgIpc) is 2.06. The molecular formula is C7H6N4O. The lowest BCUT2D eigenvalue weighted by Crippen LogP contribution is -1.94. The van der Waals surface area contributed by atoms with Crippen LogP contribution in [0, 0.1) is 23.2 Å². The van der Waals surface area contributed by atoms with Crippen LogP contribution < -0.4 is 5.73 Å². The number of nitriles is 1. The number of hydrogen-bond acceptors (Lipinski definition) is 5. The molecule has 0 saturated carbocycles. The Morgan fingerprint density at radius 3 is 2.92 bits per heavy atom. The summed E-state index contributed by atoms with van der Waals surface area (Å²) in [5, 5.41) is 11.2. The second kappa shape index (κ2) is 2.96. The molecule has 0 fully saturated rings. The van der Waals surface area contributed by atoms with E-state index in [1.54, 1.807) is 6.92 Å². The van der Waals surface area contributed by atoms with Gasteiger partial charge in [0, 0.05) is 11.8 Å². The first-order chi connectivity index (χ1) is 5.70. The van der Waals surface area contributed by atoms with E-state index in [4.69, 9.17) is 11.0 Å². The van der Waals surface area contributed by atoms with E-state index in [-0.39, 0.29) is 11.5 Å². The predicted octanol–water partition coefficient (Wildman–Crippen LogP) is 1.24. The van der Waals surface area contributed by atoms with Gasteiger partial charge in [-0.2, -0.15) is 5.26 Å². The summed E-state index contributed by atoms with van der Waals surface area (Å²) in [6.07, 6.45) is 1.32. The van der Waals surface area contributed by atoms with Crippen molar-refractivity contribution in [2.75, 3.05) is 5.73 Å². The van der Waals surface area contributed by atoms with Gasteiger partial charge >= 0.3 is 0 Å². The molecule has 5 nitrogen and oxygen atoms in total. The van der Waals surface area contributed by atoms with Crippen molar-refractivity contribution in [3.05, 3.63) is 22.2 Å². The molecular weight excluding hydrogens is 156 g/mol. The number of nitrogens with zero attached hydrogens (tertiary/aromatic N) is 3. The Balaban J connectivity index is 3.46. The molecule has 0 aliphatic heterocycles. The van der Waals surface area contributed by atoms with Gasteiger partial charge in [0.25, 0.3) is 0 Å². The lowest BCUT2D eigenvalue weighted by Gasteiger charge is -2.00. The summed E-state index contributed by atoms with van der Waals surface area (Å²) >= 11 is 0. The van der Waals surface area contributed by atoms with E-state index in [0.29, 0.717) is 11.1 Å². The van der Waals surface area contributed by atoms with Crippen LogP contribution in [0.5, 0.6) is 0 Å². The largest absolute Gasteiger partial charge is 0.382 e. The fourth-order valence-corrected chi connectivity index (χ4v) is 0.840. The number of hydrogen-bond donors (Lipinski definition) is 1. The predicted molar refractivity (Wildman–Crippen MR) is 43.6 cm³/mol. The van der Waals surface area contributed by atoms with E-state index in [1.165, 1.54) is 6.20 Å². The van der Waals surface area contributed by atoms with Crippen molar-refractivity contribution in [1.29, 1.82) is 5.26 Å². The Hall–Kier alpha value is -1.96. The van der Waals surface area contributed by atoms with Gasteiger partial charge < -0.3 is 5.73 Å². The highest BCUT2D eigenvalue weighted by atomic mass is 16.3. The summed E-state index contributed by atoms with van der Waals surface area (Å²) in [4.78, 5) is 13.9. The second-order valence-corrected chi connectivity index (χ2v) is 2.23. The molecule has 0 aliphatic rings. The number of nitrogens with two attached hydrogens (primary N) is 1. The van der Waals surface area contributed by atoms with Crippen molar-refractivity contribution in [2.45, 2.75) is 6.92 Å². The van der Waals surface area contributed by atoms with Gasteiger partial charge in [-0.05, 0) is 12.1 Å². The monoisotopic (exact) mass is 162 g/mol. The van der Waals surface area contributed by atoms with Crippen LogP contribution in [0.1, 0.15) is 11.1 Å².